The van der Waals surface area contributed by atoms with E-state index in [1.54, 1.807) is 6.07 Å². The summed E-state index contributed by atoms with van der Waals surface area (Å²) in [6.07, 6.45) is 4.46. The van der Waals surface area contributed by atoms with Gasteiger partial charge < -0.3 is 10.1 Å². The Labute approximate surface area is 147 Å². The van der Waals surface area contributed by atoms with Gasteiger partial charge in [-0.05, 0) is 24.8 Å². The number of nitrogens with zero attached hydrogens (tertiary/aromatic N) is 1. The van der Waals surface area contributed by atoms with Crippen LogP contribution in [-0.2, 0) is 9.53 Å². The number of hydrogen-bond acceptors (Lipinski definition) is 4. The topological polar surface area (TPSA) is 84.1 Å². The molecule has 25 heavy (non-hydrogen) atoms. The van der Waals surface area contributed by atoms with Crippen LogP contribution < -0.4 is 5.32 Å². The maximum Gasteiger partial charge on any atom is 0.356 e. The van der Waals surface area contributed by atoms with Crippen LogP contribution in [-0.4, -0.2) is 34.7 Å². The highest BCUT2D eigenvalue weighted by Crippen LogP contribution is 2.23. The molecule has 0 spiro atoms. The van der Waals surface area contributed by atoms with Gasteiger partial charge in [-0.15, -0.1) is 0 Å². The SMILES string of the molecule is C[C@@H]1CCCC[C@H]1NC(=O)COC(=O)c1cc(-c2ccccc2)n[nH]1. The van der Waals surface area contributed by atoms with Crippen LogP contribution >= 0.6 is 0 Å². The quantitative estimate of drug-likeness (QED) is 0.819. The molecular formula is C19H23N3O3. The summed E-state index contributed by atoms with van der Waals surface area (Å²) in [5.74, 6) is -0.370. The number of benzene rings is 1. The van der Waals surface area contributed by atoms with Gasteiger partial charge >= 0.3 is 5.97 Å². The number of H-pyrrole nitrogens is 1. The summed E-state index contributed by atoms with van der Waals surface area (Å²) in [6.45, 7) is 1.87. The van der Waals surface area contributed by atoms with Crippen molar-refractivity contribution in [1.29, 1.82) is 0 Å². The van der Waals surface area contributed by atoms with Crippen molar-refractivity contribution < 1.29 is 14.3 Å². The molecule has 6 nitrogen and oxygen atoms in total. The minimum absolute atomic E-state index is 0.178. The van der Waals surface area contributed by atoms with Crippen LogP contribution in [0.15, 0.2) is 36.4 Å². The summed E-state index contributed by atoms with van der Waals surface area (Å²) < 4.78 is 5.09. The number of amides is 1. The lowest BCUT2D eigenvalue weighted by Gasteiger charge is -2.29. The Balaban J connectivity index is 1.51. The minimum Gasteiger partial charge on any atom is -0.451 e. The molecule has 0 unspecified atom stereocenters. The van der Waals surface area contributed by atoms with Gasteiger partial charge in [-0.2, -0.15) is 5.10 Å². The predicted octanol–water partition coefficient (Wildman–Crippen LogP) is 2.93. The van der Waals surface area contributed by atoms with Crippen LogP contribution in [0.2, 0.25) is 0 Å². The van der Waals surface area contributed by atoms with Crippen LogP contribution in [0.1, 0.15) is 43.1 Å². The Kier molecular flexibility index (Phi) is 5.48. The highest BCUT2D eigenvalue weighted by atomic mass is 16.5. The van der Waals surface area contributed by atoms with Gasteiger partial charge in [0.15, 0.2) is 6.61 Å². The fourth-order valence-corrected chi connectivity index (χ4v) is 3.17. The molecule has 0 saturated heterocycles. The number of hydrogen-bond donors (Lipinski definition) is 2. The number of ether oxygens (including phenoxy) is 1. The highest BCUT2D eigenvalue weighted by Gasteiger charge is 2.23. The first-order valence-electron chi connectivity index (χ1n) is 8.71. The van der Waals surface area contributed by atoms with E-state index in [2.05, 4.69) is 22.4 Å². The third kappa shape index (κ3) is 4.47. The fraction of sp³-hybridized carbons (Fsp3) is 0.421. The molecule has 1 aliphatic carbocycles. The summed E-state index contributed by atoms with van der Waals surface area (Å²) >= 11 is 0. The molecule has 132 valence electrons. The van der Waals surface area contributed by atoms with Crippen molar-refractivity contribution in [3.05, 3.63) is 42.1 Å². The van der Waals surface area contributed by atoms with E-state index in [1.807, 2.05) is 30.3 Å². The van der Waals surface area contributed by atoms with Crippen molar-refractivity contribution in [3.63, 3.8) is 0 Å². The third-order valence-corrected chi connectivity index (χ3v) is 4.66. The van der Waals surface area contributed by atoms with Gasteiger partial charge in [0.05, 0.1) is 5.69 Å². The number of carbonyl (C=O) groups excluding carboxylic acids is 2. The second kappa shape index (κ2) is 7.96. The molecule has 1 heterocycles. The van der Waals surface area contributed by atoms with Crippen LogP contribution in [0, 0.1) is 5.92 Å². The highest BCUT2D eigenvalue weighted by molar-refractivity contribution is 5.90. The van der Waals surface area contributed by atoms with Crippen LogP contribution in [0.4, 0.5) is 0 Å². The van der Waals surface area contributed by atoms with E-state index in [1.165, 1.54) is 6.42 Å². The molecule has 6 heteroatoms. The van der Waals surface area contributed by atoms with E-state index in [9.17, 15) is 9.59 Å². The maximum atomic E-state index is 12.1. The summed E-state index contributed by atoms with van der Waals surface area (Å²) in [5, 5.41) is 9.74. The zero-order chi connectivity index (χ0) is 17.6. The molecule has 3 rings (SSSR count). The molecule has 0 aliphatic heterocycles. The molecule has 2 N–H and O–H groups in total. The van der Waals surface area contributed by atoms with Crippen molar-refractivity contribution in [3.8, 4) is 11.3 Å². The van der Waals surface area contributed by atoms with Crippen molar-refractivity contribution in [2.24, 2.45) is 5.92 Å². The number of aromatic amines is 1. The molecule has 0 bridgehead atoms. The van der Waals surface area contributed by atoms with Crippen molar-refractivity contribution in [2.45, 2.75) is 38.6 Å². The van der Waals surface area contributed by atoms with Crippen molar-refractivity contribution in [2.75, 3.05) is 6.61 Å². The number of nitrogens with one attached hydrogen (secondary N) is 2. The van der Waals surface area contributed by atoms with Crippen LogP contribution in [0.5, 0.6) is 0 Å². The standard InChI is InChI=1S/C19H23N3O3/c1-13-7-5-6-10-15(13)20-18(23)12-25-19(24)17-11-16(21-22-17)14-8-3-2-4-9-14/h2-4,8-9,11,13,15H,5-7,10,12H2,1H3,(H,20,23)(H,21,22)/t13-,15-/m1/s1. The Morgan fingerprint density at radius 3 is 2.76 bits per heavy atom. The summed E-state index contributed by atoms with van der Waals surface area (Å²) in [7, 11) is 0. The van der Waals surface area contributed by atoms with Gasteiger partial charge in [0, 0.05) is 11.6 Å². The minimum atomic E-state index is -0.582. The van der Waals surface area contributed by atoms with Crippen LogP contribution in [0.3, 0.4) is 0 Å². The van der Waals surface area contributed by atoms with E-state index in [4.69, 9.17) is 4.74 Å². The zero-order valence-electron chi connectivity index (χ0n) is 14.3. The van der Waals surface area contributed by atoms with Crippen molar-refractivity contribution >= 4 is 11.9 Å². The number of carbonyl (C=O) groups is 2. The lowest BCUT2D eigenvalue weighted by atomic mass is 9.86. The first kappa shape index (κ1) is 17.2. The van der Waals surface area contributed by atoms with E-state index < -0.39 is 5.97 Å². The smallest absolute Gasteiger partial charge is 0.356 e. The first-order chi connectivity index (χ1) is 12.1. The van der Waals surface area contributed by atoms with Gasteiger partial charge in [0.2, 0.25) is 0 Å². The average molecular weight is 341 g/mol. The Morgan fingerprint density at radius 2 is 2.00 bits per heavy atom. The van der Waals surface area contributed by atoms with Crippen LogP contribution in [0.25, 0.3) is 11.3 Å². The third-order valence-electron chi connectivity index (χ3n) is 4.66. The first-order valence-corrected chi connectivity index (χ1v) is 8.71. The average Bonchev–Trinajstić information content (AvgIpc) is 3.13. The monoisotopic (exact) mass is 341 g/mol. The number of esters is 1. The lowest BCUT2D eigenvalue weighted by Crippen LogP contribution is -2.42. The Morgan fingerprint density at radius 1 is 1.24 bits per heavy atom. The molecule has 1 aromatic heterocycles. The molecule has 2 atom stereocenters. The Bertz CT molecular complexity index is 727. The molecule has 1 saturated carbocycles. The number of aromatic nitrogens is 2. The van der Waals surface area contributed by atoms with E-state index in [-0.39, 0.29) is 24.2 Å². The van der Waals surface area contributed by atoms with Gasteiger partial charge in [-0.3, -0.25) is 9.89 Å². The Hall–Kier alpha value is -2.63. The molecule has 2 aromatic rings. The van der Waals surface area contributed by atoms with E-state index >= 15 is 0 Å². The van der Waals surface area contributed by atoms with E-state index in [0.29, 0.717) is 11.6 Å². The lowest BCUT2D eigenvalue weighted by molar-refractivity contribution is -0.125. The molecule has 1 aromatic carbocycles. The zero-order valence-corrected chi connectivity index (χ0v) is 14.3. The summed E-state index contributed by atoms with van der Waals surface area (Å²) in [4.78, 5) is 24.1. The maximum absolute atomic E-state index is 12.1. The molecule has 1 fully saturated rings. The predicted molar refractivity (Wildman–Crippen MR) is 93.9 cm³/mol. The number of rotatable bonds is 5. The van der Waals surface area contributed by atoms with Gasteiger partial charge in [0.25, 0.3) is 5.91 Å². The second-order valence-corrected chi connectivity index (χ2v) is 6.54. The molecule has 1 amide bonds. The molecule has 1 aliphatic rings. The second-order valence-electron chi connectivity index (χ2n) is 6.54. The van der Waals surface area contributed by atoms with Crippen molar-refractivity contribution in [1.82, 2.24) is 15.5 Å². The fourth-order valence-electron chi connectivity index (χ4n) is 3.17. The summed E-state index contributed by atoms with van der Waals surface area (Å²) in [6, 6.07) is 11.3. The molecular weight excluding hydrogens is 318 g/mol. The summed E-state index contributed by atoms with van der Waals surface area (Å²) in [5.41, 5.74) is 1.80. The van der Waals surface area contributed by atoms with Gasteiger partial charge in [-0.1, -0.05) is 50.1 Å². The van der Waals surface area contributed by atoms with Gasteiger partial charge in [0.1, 0.15) is 5.69 Å². The molecule has 0 radical (unpaired) electrons. The van der Waals surface area contributed by atoms with Gasteiger partial charge in [-0.25, -0.2) is 4.79 Å². The van der Waals surface area contributed by atoms with E-state index in [0.717, 1.165) is 24.8 Å². The normalized spacial score (nSPS) is 20.0. The largest absolute Gasteiger partial charge is 0.451 e.